The number of para-hydroxylation sites is 1. The lowest BCUT2D eigenvalue weighted by Gasteiger charge is -2.30. The van der Waals surface area contributed by atoms with Gasteiger partial charge in [-0.3, -0.25) is 4.79 Å². The van der Waals surface area contributed by atoms with Crippen molar-refractivity contribution in [2.75, 3.05) is 46.5 Å². The highest BCUT2D eigenvalue weighted by Crippen LogP contribution is 2.35. The van der Waals surface area contributed by atoms with Crippen LogP contribution < -0.4 is 14.8 Å². The van der Waals surface area contributed by atoms with Crippen LogP contribution in [0.5, 0.6) is 11.5 Å². The number of fused-ring (bicyclic) bond motifs is 1. The van der Waals surface area contributed by atoms with Crippen molar-refractivity contribution >= 4 is 12.0 Å². The predicted octanol–water partition coefficient (Wildman–Crippen LogP) is 1.31. The summed E-state index contributed by atoms with van der Waals surface area (Å²) in [6.45, 7) is 5.73. The van der Waals surface area contributed by atoms with Crippen LogP contribution in [0.15, 0.2) is 23.8 Å². The lowest BCUT2D eigenvalue weighted by atomic mass is 10.1. The van der Waals surface area contributed by atoms with E-state index in [0.29, 0.717) is 36.8 Å². The van der Waals surface area contributed by atoms with Gasteiger partial charge in [-0.1, -0.05) is 12.1 Å². The van der Waals surface area contributed by atoms with Gasteiger partial charge in [0, 0.05) is 25.2 Å². The zero-order valence-corrected chi connectivity index (χ0v) is 14.2. The van der Waals surface area contributed by atoms with E-state index in [-0.39, 0.29) is 18.6 Å². The standard InChI is InChI=1S/C18H24N2O4/c1-3-22-16-6-4-5-13-9-14(12-24-17(13)16)18(21)19-10-15-11-20(2)7-8-23-15/h4-6,9,15H,3,7-8,10-12H2,1-2H3,(H,19,21). The number of benzene rings is 1. The fourth-order valence-electron chi connectivity index (χ4n) is 2.89. The molecule has 1 aromatic carbocycles. The average molecular weight is 332 g/mol. The molecule has 1 unspecified atom stereocenters. The molecule has 1 aromatic rings. The smallest absolute Gasteiger partial charge is 0.250 e. The number of nitrogens with one attached hydrogen (secondary N) is 1. The van der Waals surface area contributed by atoms with Crippen molar-refractivity contribution in [2.45, 2.75) is 13.0 Å². The second-order valence-corrected chi connectivity index (χ2v) is 6.03. The topological polar surface area (TPSA) is 60.0 Å². The van der Waals surface area contributed by atoms with Crippen LogP contribution in [-0.4, -0.2) is 63.4 Å². The summed E-state index contributed by atoms with van der Waals surface area (Å²) in [5, 5.41) is 2.94. The minimum absolute atomic E-state index is 0.0367. The van der Waals surface area contributed by atoms with Gasteiger partial charge >= 0.3 is 0 Å². The van der Waals surface area contributed by atoms with E-state index in [1.807, 2.05) is 31.2 Å². The second kappa shape index (κ2) is 7.68. The van der Waals surface area contributed by atoms with E-state index in [9.17, 15) is 4.79 Å². The minimum atomic E-state index is -0.112. The molecule has 2 heterocycles. The second-order valence-electron chi connectivity index (χ2n) is 6.03. The molecular formula is C18H24N2O4. The van der Waals surface area contributed by atoms with E-state index < -0.39 is 0 Å². The third kappa shape index (κ3) is 3.88. The van der Waals surface area contributed by atoms with Gasteiger partial charge in [-0.15, -0.1) is 0 Å². The molecule has 2 aliphatic rings. The molecule has 3 rings (SSSR count). The Kier molecular flexibility index (Phi) is 5.37. The molecule has 130 valence electrons. The number of carbonyl (C=O) groups excluding carboxylic acids is 1. The highest BCUT2D eigenvalue weighted by molar-refractivity contribution is 5.99. The molecule has 1 atom stereocenters. The number of amides is 1. The molecule has 1 fully saturated rings. The molecule has 24 heavy (non-hydrogen) atoms. The molecule has 0 bridgehead atoms. The van der Waals surface area contributed by atoms with Crippen LogP contribution >= 0.6 is 0 Å². The van der Waals surface area contributed by atoms with Crippen molar-refractivity contribution in [3.8, 4) is 11.5 Å². The van der Waals surface area contributed by atoms with Gasteiger partial charge in [-0.05, 0) is 26.1 Å². The average Bonchev–Trinajstić information content (AvgIpc) is 2.60. The van der Waals surface area contributed by atoms with Crippen LogP contribution in [0.25, 0.3) is 6.08 Å². The maximum atomic E-state index is 12.4. The van der Waals surface area contributed by atoms with E-state index in [2.05, 4.69) is 17.3 Å². The summed E-state index contributed by atoms with van der Waals surface area (Å²) in [7, 11) is 2.06. The van der Waals surface area contributed by atoms with Crippen LogP contribution in [0.4, 0.5) is 0 Å². The van der Waals surface area contributed by atoms with E-state index >= 15 is 0 Å². The van der Waals surface area contributed by atoms with Crippen LogP contribution in [0.2, 0.25) is 0 Å². The van der Waals surface area contributed by atoms with Crippen molar-refractivity contribution in [3.05, 3.63) is 29.3 Å². The quantitative estimate of drug-likeness (QED) is 0.881. The van der Waals surface area contributed by atoms with Crippen molar-refractivity contribution in [1.29, 1.82) is 0 Å². The number of ether oxygens (including phenoxy) is 3. The predicted molar refractivity (Wildman–Crippen MR) is 91.3 cm³/mol. The van der Waals surface area contributed by atoms with Crippen LogP contribution in [0.1, 0.15) is 12.5 Å². The Morgan fingerprint density at radius 2 is 2.33 bits per heavy atom. The molecule has 1 amide bonds. The van der Waals surface area contributed by atoms with Gasteiger partial charge in [0.2, 0.25) is 0 Å². The summed E-state index contributed by atoms with van der Waals surface area (Å²) >= 11 is 0. The molecule has 1 saturated heterocycles. The Hall–Kier alpha value is -2.05. The molecular weight excluding hydrogens is 308 g/mol. The van der Waals surface area contributed by atoms with Crippen molar-refractivity contribution in [2.24, 2.45) is 0 Å². The molecule has 0 radical (unpaired) electrons. The Labute approximate surface area is 142 Å². The number of nitrogens with zero attached hydrogens (tertiary/aromatic N) is 1. The molecule has 6 heteroatoms. The third-order valence-corrected chi connectivity index (χ3v) is 4.13. The first kappa shape index (κ1) is 16.8. The number of carbonyl (C=O) groups is 1. The van der Waals surface area contributed by atoms with Gasteiger partial charge in [-0.25, -0.2) is 0 Å². The molecule has 0 aliphatic carbocycles. The summed E-state index contributed by atoms with van der Waals surface area (Å²) in [5.74, 6) is 1.30. The maximum Gasteiger partial charge on any atom is 0.250 e. The maximum absolute atomic E-state index is 12.4. The number of hydrogen-bond acceptors (Lipinski definition) is 5. The highest BCUT2D eigenvalue weighted by Gasteiger charge is 2.22. The summed E-state index contributed by atoms with van der Waals surface area (Å²) in [6, 6.07) is 5.69. The number of rotatable bonds is 5. The van der Waals surface area contributed by atoms with Crippen molar-refractivity contribution in [1.82, 2.24) is 10.2 Å². The number of hydrogen-bond donors (Lipinski definition) is 1. The lowest BCUT2D eigenvalue weighted by molar-refractivity contribution is -0.118. The van der Waals surface area contributed by atoms with Gasteiger partial charge in [0.05, 0.1) is 24.9 Å². The highest BCUT2D eigenvalue weighted by atomic mass is 16.5. The number of morpholine rings is 1. The molecule has 0 saturated carbocycles. The first-order chi connectivity index (χ1) is 11.7. The molecule has 0 aromatic heterocycles. The van der Waals surface area contributed by atoms with Crippen LogP contribution in [0, 0.1) is 0 Å². The third-order valence-electron chi connectivity index (χ3n) is 4.13. The first-order valence-electron chi connectivity index (χ1n) is 8.35. The number of likely N-dealkylation sites (N-methyl/N-ethyl adjacent to an activating group) is 1. The molecule has 2 aliphatic heterocycles. The summed E-state index contributed by atoms with van der Waals surface area (Å²) in [6.07, 6.45) is 1.90. The molecule has 1 N–H and O–H groups in total. The van der Waals surface area contributed by atoms with E-state index in [0.717, 1.165) is 18.7 Å². The van der Waals surface area contributed by atoms with Gasteiger partial charge in [0.25, 0.3) is 5.91 Å². The summed E-state index contributed by atoms with van der Waals surface area (Å²) in [4.78, 5) is 14.6. The van der Waals surface area contributed by atoms with Gasteiger partial charge in [0.15, 0.2) is 11.5 Å². The first-order valence-corrected chi connectivity index (χ1v) is 8.35. The zero-order valence-electron chi connectivity index (χ0n) is 14.2. The Bertz CT molecular complexity index is 629. The largest absolute Gasteiger partial charge is 0.490 e. The molecule has 0 spiro atoms. The SMILES string of the molecule is CCOc1cccc2c1OCC(C(=O)NCC1CN(C)CCO1)=C2. The normalized spacial score (nSPS) is 20.6. The lowest BCUT2D eigenvalue weighted by Crippen LogP contribution is -2.46. The fourth-order valence-corrected chi connectivity index (χ4v) is 2.89. The van der Waals surface area contributed by atoms with Crippen molar-refractivity contribution < 1.29 is 19.0 Å². The Balaban J connectivity index is 1.63. The van der Waals surface area contributed by atoms with Gasteiger partial charge in [0.1, 0.15) is 6.61 Å². The van der Waals surface area contributed by atoms with Gasteiger partial charge < -0.3 is 24.4 Å². The van der Waals surface area contributed by atoms with Crippen LogP contribution in [-0.2, 0) is 9.53 Å². The fraction of sp³-hybridized carbons (Fsp3) is 0.500. The van der Waals surface area contributed by atoms with Crippen molar-refractivity contribution in [3.63, 3.8) is 0 Å². The van der Waals surface area contributed by atoms with Crippen LogP contribution in [0.3, 0.4) is 0 Å². The Morgan fingerprint density at radius 1 is 1.46 bits per heavy atom. The Morgan fingerprint density at radius 3 is 3.12 bits per heavy atom. The van der Waals surface area contributed by atoms with Gasteiger partial charge in [-0.2, -0.15) is 0 Å². The van der Waals surface area contributed by atoms with E-state index in [1.54, 1.807) is 0 Å². The summed E-state index contributed by atoms with van der Waals surface area (Å²) in [5.41, 5.74) is 1.48. The summed E-state index contributed by atoms with van der Waals surface area (Å²) < 4.78 is 17.0. The minimum Gasteiger partial charge on any atom is -0.490 e. The molecule has 6 nitrogen and oxygen atoms in total. The van der Waals surface area contributed by atoms with E-state index in [4.69, 9.17) is 14.2 Å². The van der Waals surface area contributed by atoms with E-state index in [1.165, 1.54) is 0 Å². The zero-order chi connectivity index (χ0) is 16.9. The monoisotopic (exact) mass is 332 g/mol.